The standard InChI is InChI=1S/C13H9.C9H8Br.2ClH.H2S.Zr/c1-3-7-12-10(5-1)9-11-6-2-4-8-13(11)12;10-9-6-2-4-7-3-1-5-8(7)9;;;;/h1-7H,9H2;2,6H,1,3,5H2;2*1H;1H2;/q2*-1;;;;+2/p-3. The molecule has 27 heavy (non-hydrogen) atoms. The Morgan fingerprint density at radius 1 is 0.889 bits per heavy atom. The molecule has 0 amide bonds. The summed E-state index contributed by atoms with van der Waals surface area (Å²) in [5.74, 6) is 0. The summed E-state index contributed by atoms with van der Waals surface area (Å²) in [6, 6.07) is 25.4. The Labute approximate surface area is 195 Å². The van der Waals surface area contributed by atoms with E-state index in [1.807, 2.05) is 12.1 Å². The second-order valence-corrected chi connectivity index (χ2v) is 10.7. The van der Waals surface area contributed by atoms with Gasteiger partial charge in [0.05, 0.1) is 0 Å². The van der Waals surface area contributed by atoms with E-state index in [0.29, 0.717) is 0 Å². The minimum Gasteiger partial charge on any atom is -0.813 e. The minimum atomic E-state index is -0.826. The Bertz CT molecular complexity index is 842. The van der Waals surface area contributed by atoms with Gasteiger partial charge in [-0.3, -0.25) is 0 Å². The number of thiol groups is 1. The predicted molar refractivity (Wildman–Crippen MR) is 119 cm³/mol. The van der Waals surface area contributed by atoms with Gasteiger partial charge < -0.3 is 13.5 Å². The first-order valence-corrected chi connectivity index (χ1v) is 15.6. The molecule has 0 aromatic heterocycles. The van der Waals surface area contributed by atoms with Crippen LogP contribution in [0.3, 0.4) is 0 Å². The maximum Gasteiger partial charge on any atom is -0.0454 e. The first kappa shape index (κ1) is 23.2. The number of hydrogen-bond acceptors (Lipinski definition) is 1. The van der Waals surface area contributed by atoms with Gasteiger partial charge in [0, 0.05) is 0 Å². The maximum absolute atomic E-state index is 4.93. The van der Waals surface area contributed by atoms with E-state index in [1.165, 1.54) is 57.1 Å². The summed E-state index contributed by atoms with van der Waals surface area (Å²) in [5, 5.41) is 0. The third-order valence-electron chi connectivity index (χ3n) is 4.60. The van der Waals surface area contributed by atoms with E-state index in [-0.39, 0.29) is 13.5 Å². The molecule has 0 atom stereocenters. The van der Waals surface area contributed by atoms with Gasteiger partial charge in [0.25, 0.3) is 0 Å². The molecule has 0 fully saturated rings. The average Bonchev–Trinajstić information content (AvgIpc) is 3.28. The largest absolute Gasteiger partial charge is 0.813 e. The van der Waals surface area contributed by atoms with Crippen molar-refractivity contribution in [2.45, 2.75) is 25.7 Å². The van der Waals surface area contributed by atoms with Crippen LogP contribution in [-0.2, 0) is 53.6 Å². The van der Waals surface area contributed by atoms with Gasteiger partial charge in [-0.2, -0.15) is 23.8 Å². The van der Waals surface area contributed by atoms with E-state index < -0.39 is 20.8 Å². The van der Waals surface area contributed by atoms with Gasteiger partial charge in [-0.25, -0.2) is 0 Å². The molecule has 0 spiro atoms. The Balaban J connectivity index is 0.000000168. The molecule has 0 unspecified atom stereocenters. The Hall–Kier alpha value is -0.0469. The molecule has 0 aliphatic heterocycles. The van der Waals surface area contributed by atoms with Crippen molar-refractivity contribution in [3.05, 3.63) is 93.5 Å². The fraction of sp³-hybridized carbons (Fsp3) is 0.182. The minimum absolute atomic E-state index is 0. The zero-order valence-corrected chi connectivity index (χ0v) is 21.1. The van der Waals surface area contributed by atoms with Gasteiger partial charge in [0.15, 0.2) is 0 Å². The molecule has 0 saturated heterocycles. The molecule has 0 bridgehead atoms. The van der Waals surface area contributed by atoms with Crippen LogP contribution in [0.2, 0.25) is 0 Å². The molecule has 140 valence electrons. The second kappa shape index (κ2) is 11.8. The van der Waals surface area contributed by atoms with E-state index in [1.54, 1.807) is 0 Å². The molecule has 0 radical (unpaired) electrons. The van der Waals surface area contributed by atoms with E-state index in [2.05, 4.69) is 70.5 Å². The van der Waals surface area contributed by atoms with Crippen LogP contribution < -0.4 is 0 Å². The molecule has 3 aromatic rings. The molecule has 3 aromatic carbocycles. The molecular formula is C22H18BrCl2SZr-3. The topological polar surface area (TPSA) is 0 Å². The van der Waals surface area contributed by atoms with Gasteiger partial charge in [-0.1, -0.05) is 75.1 Å². The van der Waals surface area contributed by atoms with Crippen LogP contribution in [0.1, 0.15) is 28.7 Å². The van der Waals surface area contributed by atoms with Crippen molar-refractivity contribution < 1.29 is 20.8 Å². The molecule has 0 saturated carbocycles. The van der Waals surface area contributed by atoms with Gasteiger partial charge in [0.1, 0.15) is 0 Å². The summed E-state index contributed by atoms with van der Waals surface area (Å²) in [6.07, 6.45) is 4.82. The van der Waals surface area contributed by atoms with Crippen molar-refractivity contribution >= 4 is 46.5 Å². The number of aryl methyl sites for hydroxylation is 1. The van der Waals surface area contributed by atoms with Gasteiger partial charge in [0.2, 0.25) is 0 Å². The zero-order valence-electron chi connectivity index (χ0n) is 14.6. The van der Waals surface area contributed by atoms with Crippen LogP contribution in [0.5, 0.6) is 0 Å². The van der Waals surface area contributed by atoms with Crippen LogP contribution in [0.15, 0.2) is 59.1 Å². The summed E-state index contributed by atoms with van der Waals surface area (Å²) in [4.78, 5) is 0. The summed E-state index contributed by atoms with van der Waals surface area (Å²) in [6.45, 7) is 0. The normalized spacial score (nSPS) is 12.1. The number of hydrogen-bond donors (Lipinski definition) is 0. The molecule has 2 aliphatic rings. The smallest absolute Gasteiger partial charge is 0.0454 e. The van der Waals surface area contributed by atoms with Crippen LogP contribution >= 0.6 is 33.0 Å². The molecule has 0 heterocycles. The number of fused-ring (bicyclic) bond motifs is 4. The van der Waals surface area contributed by atoms with Crippen LogP contribution in [0.25, 0.3) is 11.1 Å². The Morgan fingerprint density at radius 2 is 1.63 bits per heavy atom. The van der Waals surface area contributed by atoms with Crippen molar-refractivity contribution in [2.75, 3.05) is 0 Å². The van der Waals surface area contributed by atoms with E-state index in [4.69, 9.17) is 17.0 Å². The third-order valence-corrected chi connectivity index (χ3v) is 5.35. The summed E-state index contributed by atoms with van der Waals surface area (Å²) in [7, 11) is 9.87. The first-order valence-electron chi connectivity index (χ1n) is 8.46. The first-order chi connectivity index (χ1) is 12.7. The molecule has 5 rings (SSSR count). The van der Waals surface area contributed by atoms with E-state index in [0.717, 1.165) is 6.42 Å². The molecule has 0 nitrogen and oxygen atoms in total. The number of halogens is 3. The fourth-order valence-electron chi connectivity index (χ4n) is 3.48. The third kappa shape index (κ3) is 5.97. The summed E-state index contributed by atoms with van der Waals surface area (Å²) in [5.41, 5.74) is 8.37. The van der Waals surface area contributed by atoms with Crippen molar-refractivity contribution in [1.29, 1.82) is 0 Å². The van der Waals surface area contributed by atoms with Crippen LogP contribution in [0, 0.1) is 12.1 Å². The second-order valence-electron chi connectivity index (χ2n) is 6.11. The van der Waals surface area contributed by atoms with Crippen LogP contribution in [-0.4, -0.2) is 0 Å². The Kier molecular flexibility index (Phi) is 10.2. The van der Waals surface area contributed by atoms with Crippen molar-refractivity contribution in [1.82, 2.24) is 0 Å². The fourth-order valence-corrected chi connectivity index (χ4v) is 4.05. The maximum atomic E-state index is 4.93. The zero-order chi connectivity index (χ0) is 18.4. The number of benzene rings is 3. The van der Waals surface area contributed by atoms with Gasteiger partial charge in [-0.15, -0.1) is 41.0 Å². The average molecular weight is 556 g/mol. The quantitative estimate of drug-likeness (QED) is 0.129. The molecular weight excluding hydrogens is 538 g/mol. The monoisotopic (exact) mass is 553 g/mol. The SMILES string of the molecule is Brc1cc[c-]c2c1CCC2.[Cl][Zr][Cl].[SH-].[c-]1cccc2c1-c1ccccc1C2. The molecule has 0 N–H and O–H groups in total. The van der Waals surface area contributed by atoms with Crippen molar-refractivity contribution in [2.24, 2.45) is 0 Å². The predicted octanol–water partition coefficient (Wildman–Crippen LogP) is 6.90. The molecule has 5 heteroatoms. The van der Waals surface area contributed by atoms with Crippen LogP contribution in [0.4, 0.5) is 0 Å². The summed E-state index contributed by atoms with van der Waals surface area (Å²) < 4.78 is 1.26. The van der Waals surface area contributed by atoms with Gasteiger partial charge in [-0.05, 0) is 6.42 Å². The Morgan fingerprint density at radius 3 is 2.41 bits per heavy atom. The van der Waals surface area contributed by atoms with Crippen molar-refractivity contribution in [3.8, 4) is 11.1 Å². The van der Waals surface area contributed by atoms with Gasteiger partial charge >= 0.3 is 37.9 Å². The molecule has 2 aliphatic carbocycles. The van der Waals surface area contributed by atoms with E-state index in [9.17, 15) is 0 Å². The summed E-state index contributed by atoms with van der Waals surface area (Å²) >= 11 is 2.70. The van der Waals surface area contributed by atoms with Crippen molar-refractivity contribution in [3.63, 3.8) is 0 Å². The number of rotatable bonds is 0. The van der Waals surface area contributed by atoms with E-state index >= 15 is 0 Å².